The third kappa shape index (κ3) is 5.60. The van der Waals surface area contributed by atoms with Crippen molar-refractivity contribution in [2.45, 2.75) is 61.8 Å². The van der Waals surface area contributed by atoms with Crippen LogP contribution in [-0.2, 0) is 0 Å². The number of likely N-dealkylation sites (tertiary alicyclic amines) is 1. The van der Waals surface area contributed by atoms with Gasteiger partial charge in [-0.15, -0.1) is 0 Å². The number of unbranched alkanes of at least 4 members (excludes halogenated alkanes) is 4. The van der Waals surface area contributed by atoms with Crippen molar-refractivity contribution in [3.05, 3.63) is 0 Å². The minimum atomic E-state index is -0.0289. The molecule has 0 aliphatic carbocycles. The Kier molecular flexibility index (Phi) is 7.36. The molecule has 0 saturated carbocycles. The summed E-state index contributed by atoms with van der Waals surface area (Å²) < 4.78 is 0.880. The molecule has 1 fully saturated rings. The SMILES string of the molecule is CCCCCCC[CH]([InH2])N1CCC(O)C1. The molecular formula is C12H26InNO. The van der Waals surface area contributed by atoms with E-state index in [2.05, 4.69) is 11.8 Å². The topological polar surface area (TPSA) is 23.5 Å². The minimum absolute atomic E-state index is 0.0289. The van der Waals surface area contributed by atoms with Crippen LogP contribution < -0.4 is 0 Å². The van der Waals surface area contributed by atoms with Crippen LogP contribution >= 0.6 is 0 Å². The molecule has 0 aromatic heterocycles. The number of rotatable bonds is 7. The van der Waals surface area contributed by atoms with Gasteiger partial charge in [-0.05, 0) is 0 Å². The Morgan fingerprint density at radius 1 is 1.33 bits per heavy atom. The van der Waals surface area contributed by atoms with E-state index in [-0.39, 0.29) is 6.10 Å². The van der Waals surface area contributed by atoms with Gasteiger partial charge in [0.2, 0.25) is 0 Å². The van der Waals surface area contributed by atoms with Crippen molar-refractivity contribution in [2.75, 3.05) is 13.1 Å². The Morgan fingerprint density at radius 3 is 2.67 bits per heavy atom. The predicted molar refractivity (Wildman–Crippen MR) is 67.9 cm³/mol. The molecule has 15 heavy (non-hydrogen) atoms. The summed E-state index contributed by atoms with van der Waals surface area (Å²) in [6.45, 7) is 4.37. The maximum absolute atomic E-state index is 9.47. The number of aliphatic hydroxyl groups is 1. The van der Waals surface area contributed by atoms with Crippen LogP contribution in [0.2, 0.25) is 0 Å². The first-order valence-electron chi connectivity index (χ1n) is 6.66. The van der Waals surface area contributed by atoms with Crippen molar-refractivity contribution in [3.8, 4) is 0 Å². The van der Waals surface area contributed by atoms with Crippen LogP contribution in [0.4, 0.5) is 0 Å². The fourth-order valence-corrected chi connectivity index (χ4v) is 4.90. The van der Waals surface area contributed by atoms with E-state index in [1.807, 2.05) is 0 Å². The first-order chi connectivity index (χ1) is 7.24. The number of nitrogens with zero attached hydrogens (tertiary/aromatic N) is 1. The molecule has 1 heterocycles. The van der Waals surface area contributed by atoms with E-state index in [1.165, 1.54) is 38.5 Å². The summed E-state index contributed by atoms with van der Waals surface area (Å²) in [4.78, 5) is 2.53. The Bertz CT molecular complexity index is 166. The Balaban J connectivity index is 2.00. The van der Waals surface area contributed by atoms with E-state index in [1.54, 1.807) is 0 Å². The van der Waals surface area contributed by atoms with Crippen molar-refractivity contribution in [1.29, 1.82) is 0 Å². The van der Waals surface area contributed by atoms with Crippen LogP contribution in [0.15, 0.2) is 0 Å². The van der Waals surface area contributed by atoms with E-state index in [0.29, 0.717) is 0 Å². The molecule has 0 radical (unpaired) electrons. The zero-order valence-electron chi connectivity index (χ0n) is 10.4. The Hall–Kier alpha value is 0.790. The van der Waals surface area contributed by atoms with Gasteiger partial charge in [0.1, 0.15) is 0 Å². The van der Waals surface area contributed by atoms with Crippen molar-refractivity contribution in [1.82, 2.24) is 4.90 Å². The number of aliphatic hydroxyl groups excluding tert-OH is 1. The summed E-state index contributed by atoms with van der Waals surface area (Å²) in [6.07, 6.45) is 9.36. The summed E-state index contributed by atoms with van der Waals surface area (Å²) in [6, 6.07) is 0. The molecule has 88 valence electrons. The van der Waals surface area contributed by atoms with Crippen LogP contribution in [-0.4, -0.2) is 57.4 Å². The first-order valence-corrected chi connectivity index (χ1v) is 9.95. The van der Waals surface area contributed by atoms with Gasteiger partial charge in [-0.3, -0.25) is 0 Å². The third-order valence-corrected chi connectivity index (χ3v) is 7.28. The number of hydrogen-bond acceptors (Lipinski definition) is 2. The molecule has 2 unspecified atom stereocenters. The van der Waals surface area contributed by atoms with Gasteiger partial charge in [-0.25, -0.2) is 0 Å². The monoisotopic (exact) mass is 315 g/mol. The van der Waals surface area contributed by atoms with Gasteiger partial charge in [0.05, 0.1) is 0 Å². The second kappa shape index (κ2) is 7.97. The fraction of sp³-hybridized carbons (Fsp3) is 1.00. The van der Waals surface area contributed by atoms with Gasteiger partial charge in [0, 0.05) is 0 Å². The summed E-state index contributed by atoms with van der Waals surface area (Å²) >= 11 is 0.721. The number of hydrogen-bond donors (Lipinski definition) is 1. The molecule has 1 aliphatic heterocycles. The molecule has 2 atom stereocenters. The summed E-state index contributed by atoms with van der Waals surface area (Å²) in [5.41, 5.74) is 0. The molecule has 0 aromatic carbocycles. The van der Waals surface area contributed by atoms with Crippen LogP contribution in [0, 0.1) is 0 Å². The zero-order chi connectivity index (χ0) is 11.1. The molecule has 1 saturated heterocycles. The Morgan fingerprint density at radius 2 is 2.07 bits per heavy atom. The molecule has 0 spiro atoms. The van der Waals surface area contributed by atoms with Crippen LogP contribution in [0.3, 0.4) is 0 Å². The van der Waals surface area contributed by atoms with E-state index < -0.39 is 0 Å². The summed E-state index contributed by atoms with van der Waals surface area (Å²) in [7, 11) is 0. The average Bonchev–Trinajstić information content (AvgIpc) is 2.64. The molecule has 0 bridgehead atoms. The standard InChI is InChI=1S/C12H24NO.In.2H/c1-2-3-4-5-6-7-9-13-10-8-12(14)11-13;;;/h9,12,14H,2-8,10-11H2,1H3;;;. The van der Waals surface area contributed by atoms with Crippen LogP contribution in [0.1, 0.15) is 51.9 Å². The van der Waals surface area contributed by atoms with Crippen molar-refractivity contribution in [3.63, 3.8) is 0 Å². The van der Waals surface area contributed by atoms with Crippen molar-refractivity contribution < 1.29 is 5.11 Å². The van der Waals surface area contributed by atoms with Crippen molar-refractivity contribution in [2.24, 2.45) is 0 Å². The van der Waals surface area contributed by atoms with Gasteiger partial charge in [0.15, 0.2) is 0 Å². The molecule has 0 amide bonds. The van der Waals surface area contributed by atoms with E-state index in [4.69, 9.17) is 0 Å². The molecule has 1 rings (SSSR count). The summed E-state index contributed by atoms with van der Waals surface area (Å²) in [5, 5.41) is 9.47. The zero-order valence-corrected chi connectivity index (χ0v) is 16.1. The number of β-amino-alcohol motifs (C(OH)–C–C–N with tert-alkyl or cyclic N) is 1. The second-order valence-electron chi connectivity index (χ2n) is 4.99. The molecule has 3 heteroatoms. The van der Waals surface area contributed by atoms with Crippen molar-refractivity contribution >= 4 is 24.4 Å². The van der Waals surface area contributed by atoms with Gasteiger partial charge in [-0.1, -0.05) is 0 Å². The van der Waals surface area contributed by atoms with Gasteiger partial charge in [-0.2, -0.15) is 0 Å². The Labute approximate surface area is 109 Å². The predicted octanol–water partition coefficient (Wildman–Crippen LogP) is 1.37. The first kappa shape index (κ1) is 13.9. The van der Waals surface area contributed by atoms with Crippen LogP contribution in [0.5, 0.6) is 0 Å². The molecule has 1 aliphatic rings. The normalized spacial score (nSPS) is 24.5. The molecule has 0 aromatic rings. The summed E-state index contributed by atoms with van der Waals surface area (Å²) in [5.74, 6) is 0. The van der Waals surface area contributed by atoms with Gasteiger partial charge in [0.25, 0.3) is 0 Å². The second-order valence-corrected chi connectivity index (χ2v) is 8.79. The fourth-order valence-electron chi connectivity index (χ4n) is 2.39. The average molecular weight is 315 g/mol. The molecular weight excluding hydrogens is 289 g/mol. The maximum atomic E-state index is 9.47. The van der Waals surface area contributed by atoms with Gasteiger partial charge >= 0.3 is 109 Å². The van der Waals surface area contributed by atoms with Gasteiger partial charge < -0.3 is 0 Å². The van der Waals surface area contributed by atoms with Crippen LogP contribution in [0.25, 0.3) is 0 Å². The van der Waals surface area contributed by atoms with E-state index >= 15 is 0 Å². The quantitative estimate of drug-likeness (QED) is 0.718. The molecule has 2 nitrogen and oxygen atoms in total. The van der Waals surface area contributed by atoms with E-state index in [9.17, 15) is 5.11 Å². The van der Waals surface area contributed by atoms with E-state index in [0.717, 1.165) is 47.7 Å². The third-order valence-electron chi connectivity index (χ3n) is 3.54. The molecule has 1 N–H and O–H groups in total.